The number of pyridine rings is 2. The number of para-hydroxylation sites is 1. The fourth-order valence-corrected chi connectivity index (χ4v) is 2.11. The van der Waals surface area contributed by atoms with E-state index in [9.17, 15) is 5.26 Å². The van der Waals surface area contributed by atoms with Gasteiger partial charge in [0.2, 0.25) is 0 Å². The molecule has 20 heavy (non-hydrogen) atoms. The number of rotatable bonds is 3. The highest BCUT2D eigenvalue weighted by Gasteiger charge is 2.07. The molecule has 3 rings (SSSR count). The van der Waals surface area contributed by atoms with Crippen molar-refractivity contribution in [3.05, 3.63) is 66.1 Å². The molecule has 96 valence electrons. The van der Waals surface area contributed by atoms with Gasteiger partial charge in [0.05, 0.1) is 16.8 Å². The molecule has 0 bridgehead atoms. The number of hydrogen-bond acceptors (Lipinski definition) is 4. The predicted octanol–water partition coefficient (Wildman–Crippen LogP) is 3.11. The molecule has 3 aromatic rings. The van der Waals surface area contributed by atoms with Crippen molar-refractivity contribution in [2.24, 2.45) is 0 Å². The number of fused-ring (bicyclic) bond motifs is 1. The van der Waals surface area contributed by atoms with E-state index in [0.717, 1.165) is 22.2 Å². The first kappa shape index (κ1) is 12.1. The van der Waals surface area contributed by atoms with E-state index in [2.05, 4.69) is 21.4 Å². The molecule has 0 radical (unpaired) electrons. The van der Waals surface area contributed by atoms with Gasteiger partial charge in [-0.3, -0.25) is 9.97 Å². The standard InChI is InChI=1S/C16H12N4/c17-8-13-11-19-15-6-2-1-5-14(15)16(13)20-10-12-4-3-7-18-9-12/h1-7,9,11H,10H2,(H,19,20). The van der Waals surface area contributed by atoms with Crippen LogP contribution in [0.25, 0.3) is 10.9 Å². The zero-order chi connectivity index (χ0) is 13.8. The summed E-state index contributed by atoms with van der Waals surface area (Å²) in [6, 6.07) is 13.9. The van der Waals surface area contributed by atoms with Crippen LogP contribution in [0, 0.1) is 11.3 Å². The summed E-state index contributed by atoms with van der Waals surface area (Å²) in [6.45, 7) is 0.622. The van der Waals surface area contributed by atoms with E-state index in [1.807, 2.05) is 42.6 Å². The van der Waals surface area contributed by atoms with Crippen molar-refractivity contribution in [3.63, 3.8) is 0 Å². The van der Waals surface area contributed by atoms with Gasteiger partial charge in [-0.25, -0.2) is 0 Å². The second kappa shape index (κ2) is 5.37. The Morgan fingerprint density at radius 1 is 1.10 bits per heavy atom. The Morgan fingerprint density at radius 3 is 2.80 bits per heavy atom. The van der Waals surface area contributed by atoms with E-state index in [1.54, 1.807) is 12.4 Å². The molecular formula is C16H12N4. The van der Waals surface area contributed by atoms with Gasteiger partial charge in [-0.15, -0.1) is 0 Å². The van der Waals surface area contributed by atoms with Gasteiger partial charge < -0.3 is 5.32 Å². The summed E-state index contributed by atoms with van der Waals surface area (Å²) in [7, 11) is 0. The van der Waals surface area contributed by atoms with Crippen LogP contribution in [0.2, 0.25) is 0 Å². The zero-order valence-corrected chi connectivity index (χ0v) is 10.7. The van der Waals surface area contributed by atoms with Crippen molar-refractivity contribution < 1.29 is 0 Å². The van der Waals surface area contributed by atoms with Crippen LogP contribution >= 0.6 is 0 Å². The quantitative estimate of drug-likeness (QED) is 0.786. The molecule has 0 saturated carbocycles. The molecule has 0 fully saturated rings. The fourth-order valence-electron chi connectivity index (χ4n) is 2.11. The lowest BCUT2D eigenvalue weighted by Crippen LogP contribution is -2.03. The summed E-state index contributed by atoms with van der Waals surface area (Å²) in [4.78, 5) is 8.38. The summed E-state index contributed by atoms with van der Waals surface area (Å²) >= 11 is 0. The lowest BCUT2D eigenvalue weighted by atomic mass is 10.1. The van der Waals surface area contributed by atoms with Crippen LogP contribution in [0.1, 0.15) is 11.1 Å². The van der Waals surface area contributed by atoms with Crippen molar-refractivity contribution in [2.75, 3.05) is 5.32 Å². The number of aromatic nitrogens is 2. The smallest absolute Gasteiger partial charge is 0.103 e. The van der Waals surface area contributed by atoms with E-state index < -0.39 is 0 Å². The van der Waals surface area contributed by atoms with E-state index in [4.69, 9.17) is 0 Å². The lowest BCUT2D eigenvalue weighted by molar-refractivity contribution is 1.11. The molecule has 0 unspecified atom stereocenters. The molecule has 0 atom stereocenters. The number of benzene rings is 1. The number of nitrogens with zero attached hydrogens (tertiary/aromatic N) is 3. The molecule has 2 aromatic heterocycles. The summed E-state index contributed by atoms with van der Waals surface area (Å²) < 4.78 is 0. The van der Waals surface area contributed by atoms with E-state index in [0.29, 0.717) is 12.1 Å². The van der Waals surface area contributed by atoms with Crippen molar-refractivity contribution in [2.45, 2.75) is 6.54 Å². The predicted molar refractivity (Wildman–Crippen MR) is 78.0 cm³/mol. The van der Waals surface area contributed by atoms with Gasteiger partial charge in [0, 0.05) is 30.5 Å². The van der Waals surface area contributed by atoms with E-state index in [-0.39, 0.29) is 0 Å². The molecule has 0 aliphatic heterocycles. The fraction of sp³-hybridized carbons (Fsp3) is 0.0625. The minimum atomic E-state index is 0.549. The summed E-state index contributed by atoms with van der Waals surface area (Å²) in [5.74, 6) is 0. The molecule has 0 amide bonds. The number of nitrogens with one attached hydrogen (secondary N) is 1. The summed E-state index contributed by atoms with van der Waals surface area (Å²) in [6.07, 6.45) is 5.16. The van der Waals surface area contributed by atoms with Crippen molar-refractivity contribution in [1.29, 1.82) is 5.26 Å². The van der Waals surface area contributed by atoms with Crippen LogP contribution < -0.4 is 5.32 Å². The minimum Gasteiger partial charge on any atom is -0.379 e. The highest BCUT2D eigenvalue weighted by atomic mass is 14.9. The third kappa shape index (κ3) is 2.29. The average molecular weight is 260 g/mol. The Balaban J connectivity index is 1.99. The van der Waals surface area contributed by atoms with Gasteiger partial charge >= 0.3 is 0 Å². The van der Waals surface area contributed by atoms with Crippen LogP contribution in [0.5, 0.6) is 0 Å². The molecular weight excluding hydrogens is 248 g/mol. The highest BCUT2D eigenvalue weighted by Crippen LogP contribution is 2.25. The normalized spacial score (nSPS) is 10.2. The van der Waals surface area contributed by atoms with Gasteiger partial charge in [0.25, 0.3) is 0 Å². The Hall–Kier alpha value is -2.93. The topological polar surface area (TPSA) is 61.6 Å². The summed E-state index contributed by atoms with van der Waals surface area (Å²) in [5, 5.41) is 13.5. The molecule has 0 saturated heterocycles. The molecule has 0 aliphatic carbocycles. The number of anilines is 1. The van der Waals surface area contributed by atoms with Gasteiger partial charge in [-0.2, -0.15) is 5.26 Å². The maximum atomic E-state index is 9.23. The van der Waals surface area contributed by atoms with E-state index >= 15 is 0 Å². The Morgan fingerprint density at radius 2 is 2.00 bits per heavy atom. The SMILES string of the molecule is N#Cc1cnc2ccccc2c1NCc1cccnc1. The molecule has 0 spiro atoms. The van der Waals surface area contributed by atoms with Crippen LogP contribution in [-0.4, -0.2) is 9.97 Å². The first-order valence-electron chi connectivity index (χ1n) is 6.29. The first-order chi connectivity index (χ1) is 9.88. The maximum Gasteiger partial charge on any atom is 0.103 e. The molecule has 2 heterocycles. The van der Waals surface area contributed by atoms with Crippen molar-refractivity contribution >= 4 is 16.6 Å². The Labute approximate surface area is 116 Å². The Kier molecular flexibility index (Phi) is 3.25. The second-order valence-electron chi connectivity index (χ2n) is 4.39. The molecule has 1 N–H and O–H groups in total. The lowest BCUT2D eigenvalue weighted by Gasteiger charge is -2.11. The minimum absolute atomic E-state index is 0.549. The van der Waals surface area contributed by atoms with Gasteiger partial charge in [0.15, 0.2) is 0 Å². The molecule has 4 nitrogen and oxygen atoms in total. The van der Waals surface area contributed by atoms with Crippen molar-refractivity contribution in [3.8, 4) is 6.07 Å². The average Bonchev–Trinajstić information content (AvgIpc) is 2.53. The third-order valence-corrected chi connectivity index (χ3v) is 3.09. The Bertz CT molecular complexity index is 775. The maximum absolute atomic E-state index is 9.23. The van der Waals surface area contributed by atoms with Gasteiger partial charge in [-0.05, 0) is 17.7 Å². The number of nitriles is 1. The monoisotopic (exact) mass is 260 g/mol. The molecule has 4 heteroatoms. The third-order valence-electron chi connectivity index (χ3n) is 3.09. The van der Waals surface area contributed by atoms with Crippen LogP contribution in [0.4, 0.5) is 5.69 Å². The van der Waals surface area contributed by atoms with Crippen LogP contribution in [0.3, 0.4) is 0 Å². The van der Waals surface area contributed by atoms with Crippen LogP contribution in [-0.2, 0) is 6.54 Å². The zero-order valence-electron chi connectivity index (χ0n) is 10.7. The van der Waals surface area contributed by atoms with Gasteiger partial charge in [-0.1, -0.05) is 24.3 Å². The van der Waals surface area contributed by atoms with Crippen LogP contribution in [0.15, 0.2) is 55.0 Å². The second-order valence-corrected chi connectivity index (χ2v) is 4.39. The van der Waals surface area contributed by atoms with Crippen molar-refractivity contribution in [1.82, 2.24) is 9.97 Å². The molecule has 0 aliphatic rings. The largest absolute Gasteiger partial charge is 0.379 e. The highest BCUT2D eigenvalue weighted by molar-refractivity contribution is 5.93. The summed E-state index contributed by atoms with van der Waals surface area (Å²) in [5.41, 5.74) is 3.31. The molecule has 1 aromatic carbocycles. The van der Waals surface area contributed by atoms with Gasteiger partial charge in [0.1, 0.15) is 6.07 Å². The number of hydrogen-bond donors (Lipinski definition) is 1. The first-order valence-corrected chi connectivity index (χ1v) is 6.29. The van der Waals surface area contributed by atoms with E-state index in [1.165, 1.54) is 0 Å².